The molecule has 1 saturated heterocycles. The molecule has 0 aliphatic carbocycles. The Morgan fingerprint density at radius 3 is 2.84 bits per heavy atom. The number of rotatable bonds is 2. The van der Waals surface area contributed by atoms with Gasteiger partial charge in [-0.15, -0.1) is 0 Å². The van der Waals surface area contributed by atoms with Crippen molar-refractivity contribution in [3.8, 4) is 0 Å². The summed E-state index contributed by atoms with van der Waals surface area (Å²) in [6, 6.07) is 4.21. The molecule has 1 aromatic carbocycles. The van der Waals surface area contributed by atoms with Gasteiger partial charge in [-0.05, 0) is 34.5 Å². The summed E-state index contributed by atoms with van der Waals surface area (Å²) in [5, 5.41) is 4.77. The van der Waals surface area contributed by atoms with Crippen LogP contribution in [0, 0.1) is 0 Å². The van der Waals surface area contributed by atoms with Crippen LogP contribution in [0.1, 0.15) is 23.2 Å². The summed E-state index contributed by atoms with van der Waals surface area (Å²) >= 11 is 3.23. The summed E-state index contributed by atoms with van der Waals surface area (Å²) in [7, 11) is 0. The fourth-order valence-corrected chi connectivity index (χ4v) is 2.24. The second-order valence-corrected chi connectivity index (χ2v) is 4.98. The van der Waals surface area contributed by atoms with Crippen LogP contribution >= 0.6 is 15.9 Å². The molecule has 1 heterocycles. The largest absolute Gasteiger partial charge is 0.398 e. The summed E-state index contributed by atoms with van der Waals surface area (Å²) in [5.74, 6) is -1.21. The molecule has 1 aliphatic heterocycles. The Bertz CT molecular complexity index is 559. The van der Waals surface area contributed by atoms with Crippen LogP contribution in [-0.4, -0.2) is 23.8 Å². The number of hydrogen-bond donors (Lipinski definition) is 3. The predicted molar refractivity (Wildman–Crippen MR) is 72.2 cm³/mol. The van der Waals surface area contributed by atoms with E-state index in [1.54, 1.807) is 18.2 Å². The Labute approximate surface area is 117 Å². The highest BCUT2D eigenvalue weighted by Crippen LogP contribution is 2.23. The quantitative estimate of drug-likeness (QED) is 0.546. The van der Waals surface area contributed by atoms with Crippen LogP contribution in [0.25, 0.3) is 0 Å². The Morgan fingerprint density at radius 2 is 2.16 bits per heavy atom. The first kappa shape index (κ1) is 13.5. The normalized spacial score (nSPS) is 18.9. The third-order valence-electron chi connectivity index (χ3n) is 2.82. The highest BCUT2D eigenvalue weighted by Gasteiger charge is 2.28. The van der Waals surface area contributed by atoms with Crippen LogP contribution in [0.2, 0.25) is 0 Å². The van der Waals surface area contributed by atoms with Gasteiger partial charge in [0, 0.05) is 12.1 Å². The molecule has 1 atom stereocenters. The van der Waals surface area contributed by atoms with E-state index in [2.05, 4.69) is 26.6 Å². The lowest BCUT2D eigenvalue weighted by Crippen LogP contribution is -2.52. The molecule has 0 radical (unpaired) electrons. The summed E-state index contributed by atoms with van der Waals surface area (Å²) in [5.41, 5.74) is 6.48. The van der Waals surface area contributed by atoms with E-state index in [0.717, 1.165) is 0 Å². The SMILES string of the molecule is Nc1cccc(C(=O)NC2CCC(=O)NC2=O)c1Br. The molecule has 0 saturated carbocycles. The molecule has 4 N–H and O–H groups in total. The van der Waals surface area contributed by atoms with Gasteiger partial charge in [-0.25, -0.2) is 0 Å². The number of nitrogens with two attached hydrogens (primary N) is 1. The van der Waals surface area contributed by atoms with Crippen molar-refractivity contribution in [1.82, 2.24) is 10.6 Å². The number of imide groups is 1. The summed E-state index contributed by atoms with van der Waals surface area (Å²) in [6.45, 7) is 0. The molecule has 3 amide bonds. The van der Waals surface area contributed by atoms with Crippen LogP contribution in [0.5, 0.6) is 0 Å². The average molecular weight is 326 g/mol. The Hall–Kier alpha value is -1.89. The monoisotopic (exact) mass is 325 g/mol. The van der Waals surface area contributed by atoms with Crippen molar-refractivity contribution in [1.29, 1.82) is 0 Å². The van der Waals surface area contributed by atoms with E-state index >= 15 is 0 Å². The zero-order valence-corrected chi connectivity index (χ0v) is 11.5. The summed E-state index contributed by atoms with van der Waals surface area (Å²) < 4.78 is 0.486. The average Bonchev–Trinajstić information content (AvgIpc) is 2.36. The van der Waals surface area contributed by atoms with Gasteiger partial charge in [-0.2, -0.15) is 0 Å². The fourth-order valence-electron chi connectivity index (χ4n) is 1.79. The van der Waals surface area contributed by atoms with Crippen molar-refractivity contribution in [2.24, 2.45) is 0 Å². The van der Waals surface area contributed by atoms with E-state index in [0.29, 0.717) is 22.1 Å². The molecule has 19 heavy (non-hydrogen) atoms. The van der Waals surface area contributed by atoms with Gasteiger partial charge in [-0.1, -0.05) is 6.07 Å². The number of hydrogen-bond acceptors (Lipinski definition) is 4. The number of nitrogens with one attached hydrogen (secondary N) is 2. The highest BCUT2D eigenvalue weighted by atomic mass is 79.9. The van der Waals surface area contributed by atoms with Crippen molar-refractivity contribution in [3.05, 3.63) is 28.2 Å². The standard InChI is InChI=1S/C12H12BrN3O3/c13-10-6(2-1-3-7(10)14)11(18)15-8-4-5-9(17)16-12(8)19/h1-3,8H,4-5,14H2,(H,15,18)(H,16,17,19). The van der Waals surface area contributed by atoms with Gasteiger partial charge in [0.05, 0.1) is 10.0 Å². The van der Waals surface area contributed by atoms with Crippen molar-refractivity contribution >= 4 is 39.3 Å². The lowest BCUT2D eigenvalue weighted by molar-refractivity contribution is -0.134. The number of piperidine rings is 1. The van der Waals surface area contributed by atoms with Crippen LogP contribution < -0.4 is 16.4 Å². The predicted octanol–water partition coefficient (Wildman–Crippen LogP) is 0.566. The summed E-state index contributed by atoms with van der Waals surface area (Å²) in [6.07, 6.45) is 0.519. The first-order valence-corrected chi connectivity index (χ1v) is 6.47. The summed E-state index contributed by atoms with van der Waals surface area (Å²) in [4.78, 5) is 34.6. The zero-order valence-electron chi connectivity index (χ0n) is 9.90. The molecule has 7 heteroatoms. The zero-order chi connectivity index (χ0) is 14.0. The molecule has 6 nitrogen and oxygen atoms in total. The van der Waals surface area contributed by atoms with Gasteiger partial charge in [0.1, 0.15) is 6.04 Å². The minimum Gasteiger partial charge on any atom is -0.398 e. The highest BCUT2D eigenvalue weighted by molar-refractivity contribution is 9.10. The molecular formula is C12H12BrN3O3. The number of nitrogen functional groups attached to an aromatic ring is 1. The molecule has 2 rings (SSSR count). The van der Waals surface area contributed by atoms with Crippen LogP contribution in [-0.2, 0) is 9.59 Å². The van der Waals surface area contributed by atoms with Crippen molar-refractivity contribution in [2.75, 3.05) is 5.73 Å². The number of benzene rings is 1. The Morgan fingerprint density at radius 1 is 1.42 bits per heavy atom. The number of anilines is 1. The molecule has 0 aromatic heterocycles. The van der Waals surface area contributed by atoms with Crippen LogP contribution in [0.15, 0.2) is 22.7 Å². The number of carbonyl (C=O) groups excluding carboxylic acids is 3. The lowest BCUT2D eigenvalue weighted by atomic mass is 10.1. The lowest BCUT2D eigenvalue weighted by Gasteiger charge is -2.22. The van der Waals surface area contributed by atoms with Crippen LogP contribution in [0.4, 0.5) is 5.69 Å². The maximum atomic E-state index is 12.1. The second-order valence-electron chi connectivity index (χ2n) is 4.19. The van der Waals surface area contributed by atoms with Gasteiger partial charge in [0.2, 0.25) is 11.8 Å². The van der Waals surface area contributed by atoms with Crippen LogP contribution in [0.3, 0.4) is 0 Å². The number of carbonyl (C=O) groups is 3. The third kappa shape index (κ3) is 2.93. The van der Waals surface area contributed by atoms with Crippen molar-refractivity contribution in [3.63, 3.8) is 0 Å². The molecule has 0 bridgehead atoms. The van der Waals surface area contributed by atoms with Gasteiger partial charge in [0.25, 0.3) is 5.91 Å². The number of amides is 3. The second kappa shape index (κ2) is 5.40. The van der Waals surface area contributed by atoms with E-state index in [9.17, 15) is 14.4 Å². The third-order valence-corrected chi connectivity index (χ3v) is 3.70. The van der Waals surface area contributed by atoms with E-state index in [1.165, 1.54) is 0 Å². The van der Waals surface area contributed by atoms with E-state index in [-0.39, 0.29) is 12.3 Å². The molecule has 1 unspecified atom stereocenters. The van der Waals surface area contributed by atoms with Gasteiger partial charge in [0.15, 0.2) is 0 Å². The van der Waals surface area contributed by atoms with Crippen molar-refractivity contribution in [2.45, 2.75) is 18.9 Å². The molecule has 1 aliphatic rings. The smallest absolute Gasteiger partial charge is 0.253 e. The van der Waals surface area contributed by atoms with E-state index in [1.807, 2.05) is 0 Å². The maximum Gasteiger partial charge on any atom is 0.253 e. The van der Waals surface area contributed by atoms with E-state index < -0.39 is 17.9 Å². The van der Waals surface area contributed by atoms with Gasteiger partial charge in [-0.3, -0.25) is 19.7 Å². The van der Waals surface area contributed by atoms with Crippen molar-refractivity contribution < 1.29 is 14.4 Å². The first-order valence-electron chi connectivity index (χ1n) is 5.67. The molecule has 100 valence electrons. The first-order chi connectivity index (χ1) is 8.99. The van der Waals surface area contributed by atoms with Gasteiger partial charge >= 0.3 is 0 Å². The minimum atomic E-state index is -0.696. The fraction of sp³-hybridized carbons (Fsp3) is 0.250. The molecule has 1 fully saturated rings. The minimum absolute atomic E-state index is 0.217. The Kier molecular flexibility index (Phi) is 3.84. The van der Waals surface area contributed by atoms with Gasteiger partial charge < -0.3 is 11.1 Å². The topological polar surface area (TPSA) is 101 Å². The number of halogens is 1. The molecule has 1 aromatic rings. The van der Waals surface area contributed by atoms with E-state index in [4.69, 9.17) is 5.73 Å². The molecule has 0 spiro atoms. The molecular weight excluding hydrogens is 314 g/mol. The Balaban J connectivity index is 2.11. The maximum absolute atomic E-state index is 12.1.